The topological polar surface area (TPSA) is 30.5 Å². The van der Waals surface area contributed by atoms with Crippen LogP contribution in [0.15, 0.2) is 18.2 Å². The van der Waals surface area contributed by atoms with Crippen LogP contribution in [-0.4, -0.2) is 25.9 Å². The van der Waals surface area contributed by atoms with Gasteiger partial charge in [0.05, 0.1) is 6.61 Å². The number of benzene rings is 1. The Kier molecular flexibility index (Phi) is 8.31. The van der Waals surface area contributed by atoms with Gasteiger partial charge in [-0.2, -0.15) is 0 Å². The second-order valence-corrected chi connectivity index (χ2v) is 5.97. The molecule has 1 aromatic carbocycles. The van der Waals surface area contributed by atoms with Crippen molar-refractivity contribution in [3.05, 3.63) is 29.6 Å². The molecule has 0 spiro atoms. The van der Waals surface area contributed by atoms with Crippen LogP contribution in [0.2, 0.25) is 0 Å². The predicted octanol–water partition coefficient (Wildman–Crippen LogP) is 3.77. The fourth-order valence-electron chi connectivity index (χ4n) is 1.77. The molecule has 0 saturated heterocycles. The Morgan fingerprint density at radius 2 is 1.81 bits per heavy atom. The number of hydrogen-bond donors (Lipinski definition) is 1. The van der Waals surface area contributed by atoms with Crippen LogP contribution in [-0.2, 0) is 11.3 Å². The number of halogens is 1. The molecule has 0 aliphatic heterocycles. The summed E-state index contributed by atoms with van der Waals surface area (Å²) in [4.78, 5) is 0. The minimum atomic E-state index is -0.270. The third kappa shape index (κ3) is 8.68. The van der Waals surface area contributed by atoms with E-state index in [4.69, 9.17) is 9.47 Å². The molecule has 21 heavy (non-hydrogen) atoms. The summed E-state index contributed by atoms with van der Waals surface area (Å²) in [5.41, 5.74) is 0.888. The zero-order valence-electron chi connectivity index (χ0n) is 13.6. The van der Waals surface area contributed by atoms with Gasteiger partial charge in [-0.25, -0.2) is 4.39 Å². The second kappa shape index (κ2) is 9.74. The van der Waals surface area contributed by atoms with Gasteiger partial charge < -0.3 is 14.8 Å². The second-order valence-electron chi connectivity index (χ2n) is 5.97. The largest absolute Gasteiger partial charge is 0.491 e. The summed E-state index contributed by atoms with van der Waals surface area (Å²) < 4.78 is 24.6. The van der Waals surface area contributed by atoms with Crippen molar-refractivity contribution in [3.63, 3.8) is 0 Å². The molecule has 1 aromatic rings. The highest BCUT2D eigenvalue weighted by molar-refractivity contribution is 5.29. The number of rotatable bonds is 10. The molecule has 0 aliphatic rings. The Hall–Kier alpha value is -1.13. The van der Waals surface area contributed by atoms with E-state index < -0.39 is 0 Å². The third-order valence-corrected chi connectivity index (χ3v) is 2.98. The van der Waals surface area contributed by atoms with Crippen LogP contribution in [0.4, 0.5) is 4.39 Å². The molecule has 0 saturated carbocycles. The molecule has 0 aliphatic carbocycles. The van der Waals surface area contributed by atoms with E-state index in [9.17, 15) is 4.39 Å². The predicted molar refractivity (Wildman–Crippen MR) is 84.1 cm³/mol. The van der Waals surface area contributed by atoms with Crippen LogP contribution < -0.4 is 10.1 Å². The lowest BCUT2D eigenvalue weighted by molar-refractivity contribution is 0.0924. The molecular formula is C17H28FNO2. The smallest absolute Gasteiger partial charge is 0.127 e. The van der Waals surface area contributed by atoms with E-state index in [0.717, 1.165) is 18.6 Å². The first-order chi connectivity index (χ1) is 9.97. The number of ether oxygens (including phenoxy) is 2. The van der Waals surface area contributed by atoms with E-state index in [1.807, 2.05) is 6.07 Å². The van der Waals surface area contributed by atoms with Crippen molar-refractivity contribution in [1.29, 1.82) is 0 Å². The Morgan fingerprint density at radius 1 is 1.05 bits per heavy atom. The molecule has 120 valence electrons. The molecule has 0 bridgehead atoms. The lowest BCUT2D eigenvalue weighted by Crippen LogP contribution is -2.21. The fraction of sp³-hybridized carbons (Fsp3) is 0.647. The Morgan fingerprint density at radius 3 is 2.48 bits per heavy atom. The average Bonchev–Trinajstić information content (AvgIpc) is 2.39. The van der Waals surface area contributed by atoms with E-state index in [1.165, 1.54) is 12.1 Å². The van der Waals surface area contributed by atoms with Gasteiger partial charge in [0.2, 0.25) is 0 Å². The SMILES string of the molecule is CC(C)CCOCCOc1cc(F)cc(CNC(C)C)c1. The first kappa shape index (κ1) is 17.9. The summed E-state index contributed by atoms with van der Waals surface area (Å²) in [6, 6.07) is 5.17. The standard InChI is InChI=1S/C17H28FNO2/c1-13(2)5-6-20-7-8-21-17-10-15(9-16(18)11-17)12-19-14(3)4/h9-11,13-14,19H,5-8,12H2,1-4H3. The average molecular weight is 297 g/mol. The molecule has 0 aromatic heterocycles. The van der Waals surface area contributed by atoms with Gasteiger partial charge in [-0.05, 0) is 30.0 Å². The molecule has 0 atom stereocenters. The van der Waals surface area contributed by atoms with Crippen molar-refractivity contribution < 1.29 is 13.9 Å². The van der Waals surface area contributed by atoms with Crippen LogP contribution >= 0.6 is 0 Å². The van der Waals surface area contributed by atoms with Crippen molar-refractivity contribution >= 4 is 0 Å². The Bertz CT molecular complexity index is 408. The molecule has 0 fully saturated rings. The normalized spacial score (nSPS) is 11.4. The van der Waals surface area contributed by atoms with Gasteiger partial charge in [0.15, 0.2) is 0 Å². The van der Waals surface area contributed by atoms with E-state index in [-0.39, 0.29) is 5.82 Å². The van der Waals surface area contributed by atoms with Gasteiger partial charge in [-0.3, -0.25) is 0 Å². The van der Waals surface area contributed by atoms with Crippen LogP contribution in [0.3, 0.4) is 0 Å². The zero-order chi connectivity index (χ0) is 15.7. The first-order valence-electron chi connectivity index (χ1n) is 7.70. The van der Waals surface area contributed by atoms with Gasteiger partial charge in [0, 0.05) is 25.3 Å². The van der Waals surface area contributed by atoms with Crippen LogP contribution in [0.1, 0.15) is 39.7 Å². The van der Waals surface area contributed by atoms with Crippen molar-refractivity contribution in [2.24, 2.45) is 5.92 Å². The van der Waals surface area contributed by atoms with Crippen molar-refractivity contribution in [2.75, 3.05) is 19.8 Å². The quantitative estimate of drug-likeness (QED) is 0.667. The molecule has 1 N–H and O–H groups in total. The monoisotopic (exact) mass is 297 g/mol. The molecule has 1 rings (SSSR count). The highest BCUT2D eigenvalue weighted by Crippen LogP contribution is 2.16. The highest BCUT2D eigenvalue weighted by Gasteiger charge is 2.03. The van der Waals surface area contributed by atoms with Crippen molar-refractivity contribution in [3.8, 4) is 5.75 Å². The summed E-state index contributed by atoms with van der Waals surface area (Å²) in [5.74, 6) is 0.932. The summed E-state index contributed by atoms with van der Waals surface area (Å²) in [5, 5.41) is 3.26. The highest BCUT2D eigenvalue weighted by atomic mass is 19.1. The van der Waals surface area contributed by atoms with Gasteiger partial charge in [-0.15, -0.1) is 0 Å². The lowest BCUT2D eigenvalue weighted by Gasteiger charge is -2.11. The number of nitrogens with one attached hydrogen (secondary N) is 1. The molecular weight excluding hydrogens is 269 g/mol. The molecule has 0 heterocycles. The summed E-state index contributed by atoms with van der Waals surface area (Å²) in [7, 11) is 0. The van der Waals surface area contributed by atoms with Crippen LogP contribution in [0.5, 0.6) is 5.75 Å². The summed E-state index contributed by atoms with van der Waals surface area (Å²) in [6.45, 7) is 10.8. The Balaban J connectivity index is 2.33. The van der Waals surface area contributed by atoms with Gasteiger partial charge >= 0.3 is 0 Å². The van der Waals surface area contributed by atoms with Gasteiger partial charge in [0.1, 0.15) is 18.2 Å². The maximum Gasteiger partial charge on any atom is 0.127 e. The van der Waals surface area contributed by atoms with Crippen molar-refractivity contribution in [1.82, 2.24) is 5.32 Å². The lowest BCUT2D eigenvalue weighted by atomic mass is 10.1. The molecule has 0 unspecified atom stereocenters. The Labute approximate surface area is 127 Å². The summed E-state index contributed by atoms with van der Waals surface area (Å²) in [6.07, 6.45) is 1.05. The zero-order valence-corrected chi connectivity index (χ0v) is 13.6. The fourth-order valence-corrected chi connectivity index (χ4v) is 1.77. The van der Waals surface area contributed by atoms with Crippen LogP contribution in [0, 0.1) is 11.7 Å². The maximum atomic E-state index is 13.5. The van der Waals surface area contributed by atoms with E-state index in [1.54, 1.807) is 0 Å². The third-order valence-electron chi connectivity index (χ3n) is 2.98. The minimum absolute atomic E-state index is 0.270. The van der Waals surface area contributed by atoms with E-state index >= 15 is 0 Å². The molecule has 0 amide bonds. The minimum Gasteiger partial charge on any atom is -0.491 e. The van der Waals surface area contributed by atoms with E-state index in [0.29, 0.717) is 37.5 Å². The number of hydrogen-bond acceptors (Lipinski definition) is 3. The maximum absolute atomic E-state index is 13.5. The van der Waals surface area contributed by atoms with Crippen LogP contribution in [0.25, 0.3) is 0 Å². The first-order valence-corrected chi connectivity index (χ1v) is 7.70. The summed E-state index contributed by atoms with van der Waals surface area (Å²) >= 11 is 0. The molecule has 0 radical (unpaired) electrons. The van der Waals surface area contributed by atoms with E-state index in [2.05, 4.69) is 33.0 Å². The van der Waals surface area contributed by atoms with Gasteiger partial charge in [-0.1, -0.05) is 27.7 Å². The molecule has 4 heteroatoms. The molecule has 3 nitrogen and oxygen atoms in total. The van der Waals surface area contributed by atoms with Crippen molar-refractivity contribution in [2.45, 2.75) is 46.7 Å². The van der Waals surface area contributed by atoms with Gasteiger partial charge in [0.25, 0.3) is 0 Å².